The van der Waals surface area contributed by atoms with Gasteiger partial charge in [0.25, 0.3) is 0 Å². The highest BCUT2D eigenvalue weighted by atomic mass is 19.1. The molecule has 0 aliphatic rings. The van der Waals surface area contributed by atoms with Crippen LogP contribution in [0.1, 0.15) is 31.9 Å². The predicted octanol–water partition coefficient (Wildman–Crippen LogP) is 4.66. The summed E-state index contributed by atoms with van der Waals surface area (Å²) in [6, 6.07) is 14.4. The first-order chi connectivity index (χ1) is 12.4. The van der Waals surface area contributed by atoms with Crippen LogP contribution in [-0.4, -0.2) is 15.2 Å². The second-order valence-corrected chi connectivity index (χ2v) is 7.07. The lowest BCUT2D eigenvalue weighted by Crippen LogP contribution is -2.14. The third-order valence-electron chi connectivity index (χ3n) is 3.92. The number of aromatic nitrogens is 3. The van der Waals surface area contributed by atoms with E-state index in [2.05, 4.69) is 52.7 Å². The summed E-state index contributed by atoms with van der Waals surface area (Å²) < 4.78 is 13.0. The van der Waals surface area contributed by atoms with E-state index in [1.165, 1.54) is 17.7 Å². The lowest BCUT2D eigenvalue weighted by molar-refractivity contribution is 0.592. The van der Waals surface area contributed by atoms with E-state index in [-0.39, 0.29) is 11.2 Å². The van der Waals surface area contributed by atoms with E-state index in [1.54, 1.807) is 18.3 Å². The Morgan fingerprint density at radius 2 is 1.73 bits per heavy atom. The fourth-order valence-corrected chi connectivity index (χ4v) is 2.61. The third kappa shape index (κ3) is 4.53. The number of nitrogens with zero attached hydrogens (tertiary/aromatic N) is 3. The smallest absolute Gasteiger partial charge is 0.244 e. The van der Waals surface area contributed by atoms with Gasteiger partial charge in [0.15, 0.2) is 5.82 Å². The molecule has 1 aromatic heterocycles. The minimum Gasteiger partial charge on any atom is -0.349 e. The van der Waals surface area contributed by atoms with E-state index >= 15 is 0 Å². The van der Waals surface area contributed by atoms with Crippen molar-refractivity contribution >= 4 is 17.5 Å². The summed E-state index contributed by atoms with van der Waals surface area (Å²) in [4.78, 5) is 4.45. The minimum absolute atomic E-state index is 0.00765. The van der Waals surface area contributed by atoms with E-state index in [4.69, 9.17) is 0 Å². The average Bonchev–Trinajstić information content (AvgIpc) is 2.61. The molecule has 0 aliphatic carbocycles. The Morgan fingerprint density at radius 3 is 2.46 bits per heavy atom. The van der Waals surface area contributed by atoms with Crippen LogP contribution in [-0.2, 0) is 12.0 Å². The second-order valence-electron chi connectivity index (χ2n) is 7.07. The first-order valence-corrected chi connectivity index (χ1v) is 8.46. The Kier molecular flexibility index (Phi) is 5.11. The van der Waals surface area contributed by atoms with Crippen LogP contribution in [0.25, 0.3) is 0 Å². The van der Waals surface area contributed by atoms with Crippen molar-refractivity contribution in [3.05, 3.63) is 71.7 Å². The molecule has 0 fully saturated rings. The highest BCUT2D eigenvalue weighted by molar-refractivity contribution is 5.62. The number of para-hydroxylation sites is 1. The molecule has 2 aromatic carbocycles. The predicted molar refractivity (Wildman–Crippen MR) is 102 cm³/mol. The van der Waals surface area contributed by atoms with E-state index < -0.39 is 0 Å². The summed E-state index contributed by atoms with van der Waals surface area (Å²) in [6.45, 7) is 6.99. The third-order valence-corrected chi connectivity index (χ3v) is 3.92. The van der Waals surface area contributed by atoms with Crippen LogP contribution in [0.3, 0.4) is 0 Å². The van der Waals surface area contributed by atoms with Crippen molar-refractivity contribution < 1.29 is 4.39 Å². The molecule has 134 valence electrons. The van der Waals surface area contributed by atoms with Gasteiger partial charge in [-0.1, -0.05) is 51.1 Å². The molecule has 1 heterocycles. The van der Waals surface area contributed by atoms with Gasteiger partial charge in [-0.2, -0.15) is 10.1 Å². The first-order valence-electron chi connectivity index (χ1n) is 8.46. The summed E-state index contributed by atoms with van der Waals surface area (Å²) in [5, 5.41) is 14.4. The monoisotopic (exact) mass is 351 g/mol. The molecule has 0 amide bonds. The first kappa shape index (κ1) is 17.8. The highest BCUT2D eigenvalue weighted by Gasteiger charge is 2.17. The maximum atomic E-state index is 13.0. The topological polar surface area (TPSA) is 62.7 Å². The molecule has 0 bridgehead atoms. The van der Waals surface area contributed by atoms with Crippen LogP contribution in [0.15, 0.2) is 54.7 Å². The largest absolute Gasteiger partial charge is 0.349 e. The highest BCUT2D eigenvalue weighted by Crippen LogP contribution is 2.30. The molecule has 0 atom stereocenters. The van der Waals surface area contributed by atoms with Crippen LogP contribution in [0.4, 0.5) is 21.8 Å². The Labute approximate surface area is 152 Å². The van der Waals surface area contributed by atoms with Crippen LogP contribution in [0.5, 0.6) is 0 Å². The molecule has 0 radical (unpaired) electrons. The molecular formula is C20H22FN5. The Hall–Kier alpha value is -3.02. The van der Waals surface area contributed by atoms with Gasteiger partial charge in [0, 0.05) is 12.2 Å². The maximum absolute atomic E-state index is 13.0. The van der Waals surface area contributed by atoms with E-state index in [0.29, 0.717) is 18.3 Å². The fourth-order valence-electron chi connectivity index (χ4n) is 2.61. The van der Waals surface area contributed by atoms with Gasteiger partial charge >= 0.3 is 0 Å². The van der Waals surface area contributed by atoms with Crippen molar-refractivity contribution in [3.8, 4) is 0 Å². The van der Waals surface area contributed by atoms with Gasteiger partial charge < -0.3 is 10.6 Å². The number of halogens is 1. The molecule has 26 heavy (non-hydrogen) atoms. The minimum atomic E-state index is -0.254. The van der Waals surface area contributed by atoms with Gasteiger partial charge in [0.2, 0.25) is 5.95 Å². The molecule has 0 saturated carbocycles. The molecule has 0 aliphatic heterocycles. The lowest BCUT2D eigenvalue weighted by Gasteiger charge is -2.23. The average molecular weight is 351 g/mol. The number of anilines is 3. The second kappa shape index (κ2) is 7.47. The normalized spacial score (nSPS) is 11.2. The van der Waals surface area contributed by atoms with Gasteiger partial charge in [0.05, 0.1) is 6.20 Å². The lowest BCUT2D eigenvalue weighted by atomic mass is 9.86. The number of hydrogen-bond acceptors (Lipinski definition) is 5. The standard InChI is InChI=1S/C20H22FN5/c1-20(2,3)16-6-4-5-7-17(16)24-18-13-23-26-19(25-18)22-12-14-8-10-15(21)11-9-14/h4-11,13H,12H2,1-3H3,(H2,22,24,25,26). The summed E-state index contributed by atoms with van der Waals surface area (Å²) in [7, 11) is 0. The molecule has 0 spiro atoms. The van der Waals surface area contributed by atoms with Crippen LogP contribution in [0, 0.1) is 5.82 Å². The zero-order chi connectivity index (χ0) is 18.6. The SMILES string of the molecule is CC(C)(C)c1ccccc1Nc1cnnc(NCc2ccc(F)cc2)n1. The van der Waals surface area contributed by atoms with Gasteiger partial charge in [-0.3, -0.25) is 0 Å². The Bertz CT molecular complexity index is 872. The summed E-state index contributed by atoms with van der Waals surface area (Å²) in [6.07, 6.45) is 1.59. The number of nitrogens with one attached hydrogen (secondary N) is 2. The molecule has 3 aromatic rings. The van der Waals surface area contributed by atoms with E-state index in [9.17, 15) is 4.39 Å². The molecule has 2 N–H and O–H groups in total. The van der Waals surface area contributed by atoms with Crippen LogP contribution < -0.4 is 10.6 Å². The summed E-state index contributed by atoms with van der Waals surface area (Å²) in [5.74, 6) is 0.765. The fraction of sp³-hybridized carbons (Fsp3) is 0.250. The van der Waals surface area contributed by atoms with Crippen LogP contribution >= 0.6 is 0 Å². The molecule has 0 saturated heterocycles. The van der Waals surface area contributed by atoms with Crippen molar-refractivity contribution in [2.45, 2.75) is 32.7 Å². The molecule has 3 rings (SSSR count). The van der Waals surface area contributed by atoms with Gasteiger partial charge in [-0.05, 0) is 34.7 Å². The van der Waals surface area contributed by atoms with Gasteiger partial charge in [0.1, 0.15) is 5.82 Å². The number of hydrogen-bond donors (Lipinski definition) is 2. The zero-order valence-electron chi connectivity index (χ0n) is 15.1. The van der Waals surface area contributed by atoms with Gasteiger partial charge in [-0.25, -0.2) is 4.39 Å². The molecule has 6 heteroatoms. The number of rotatable bonds is 5. The molecule has 0 unspecified atom stereocenters. The number of benzene rings is 2. The van der Waals surface area contributed by atoms with E-state index in [1.807, 2.05) is 18.2 Å². The summed E-state index contributed by atoms with van der Waals surface area (Å²) in [5.41, 5.74) is 3.13. The van der Waals surface area contributed by atoms with Crippen molar-refractivity contribution in [2.75, 3.05) is 10.6 Å². The van der Waals surface area contributed by atoms with Crippen molar-refractivity contribution in [3.63, 3.8) is 0 Å². The quantitative estimate of drug-likeness (QED) is 0.700. The van der Waals surface area contributed by atoms with Gasteiger partial charge in [-0.15, -0.1) is 5.10 Å². The van der Waals surface area contributed by atoms with Crippen molar-refractivity contribution in [1.82, 2.24) is 15.2 Å². The Morgan fingerprint density at radius 1 is 1.00 bits per heavy atom. The van der Waals surface area contributed by atoms with Crippen molar-refractivity contribution in [2.24, 2.45) is 0 Å². The summed E-state index contributed by atoms with van der Waals surface area (Å²) >= 11 is 0. The zero-order valence-corrected chi connectivity index (χ0v) is 15.1. The van der Waals surface area contributed by atoms with Crippen molar-refractivity contribution in [1.29, 1.82) is 0 Å². The Balaban J connectivity index is 1.73. The van der Waals surface area contributed by atoms with Crippen LogP contribution in [0.2, 0.25) is 0 Å². The molecule has 5 nitrogen and oxygen atoms in total. The molecular weight excluding hydrogens is 329 g/mol. The van der Waals surface area contributed by atoms with E-state index in [0.717, 1.165) is 11.3 Å². The maximum Gasteiger partial charge on any atom is 0.244 e.